The highest BCUT2D eigenvalue weighted by atomic mass is 16.4. The van der Waals surface area contributed by atoms with Gasteiger partial charge in [-0.3, -0.25) is 4.98 Å². The van der Waals surface area contributed by atoms with Gasteiger partial charge in [0.25, 0.3) is 0 Å². The maximum Gasteiger partial charge on any atom is 0.316 e. The fourth-order valence-corrected chi connectivity index (χ4v) is 1.50. The molecule has 20 heavy (non-hydrogen) atoms. The normalized spacial score (nSPS) is 11.2. The molecule has 1 aromatic heterocycles. The summed E-state index contributed by atoms with van der Waals surface area (Å²) in [5, 5.41) is 17.5. The monoisotopic (exact) mass is 280 g/mol. The van der Waals surface area contributed by atoms with Crippen LogP contribution >= 0.6 is 0 Å². The number of carbonyl (C=O) groups excluding carboxylic acids is 1. The van der Waals surface area contributed by atoms with Crippen molar-refractivity contribution in [3.63, 3.8) is 0 Å². The van der Waals surface area contributed by atoms with Gasteiger partial charge < -0.3 is 26.5 Å². The summed E-state index contributed by atoms with van der Waals surface area (Å²) in [7, 11) is 3.36. The van der Waals surface area contributed by atoms with Crippen LogP contribution in [0.1, 0.15) is 11.3 Å². The Bertz CT molecular complexity index is 475. The molecule has 0 aliphatic rings. The smallest absolute Gasteiger partial charge is 0.316 e. The van der Waals surface area contributed by atoms with E-state index in [2.05, 4.69) is 20.8 Å². The number of pyridine rings is 1. The molecule has 0 saturated heterocycles. The van der Waals surface area contributed by atoms with Crippen LogP contribution in [0.3, 0.4) is 0 Å². The molecule has 0 aromatic carbocycles. The summed E-state index contributed by atoms with van der Waals surface area (Å²) in [4.78, 5) is 16.8. The van der Waals surface area contributed by atoms with Crippen molar-refractivity contribution in [3.8, 4) is 0 Å². The van der Waals surface area contributed by atoms with Crippen LogP contribution in [0.2, 0.25) is 0 Å². The maximum absolute atomic E-state index is 11.3. The lowest BCUT2D eigenvalue weighted by molar-refractivity contribution is 0.217. The van der Waals surface area contributed by atoms with E-state index in [4.69, 9.17) is 10.9 Å². The number of amidine groups is 1. The summed E-state index contributed by atoms with van der Waals surface area (Å²) in [6.07, 6.45) is 1.58. The third kappa shape index (κ3) is 4.73. The van der Waals surface area contributed by atoms with Gasteiger partial charge >= 0.3 is 6.03 Å². The lowest BCUT2D eigenvalue weighted by atomic mass is 10.2. The minimum Gasteiger partial charge on any atom is -0.409 e. The molecule has 0 bridgehead atoms. The Hall–Kier alpha value is -2.35. The molecule has 0 aliphatic heterocycles. The molecular weight excluding hydrogens is 260 g/mol. The molecule has 0 aliphatic carbocycles. The van der Waals surface area contributed by atoms with Gasteiger partial charge in [-0.25, -0.2) is 4.79 Å². The summed E-state index contributed by atoms with van der Waals surface area (Å²) < 4.78 is 0. The Morgan fingerprint density at radius 3 is 2.90 bits per heavy atom. The van der Waals surface area contributed by atoms with Crippen LogP contribution in [0.5, 0.6) is 0 Å². The van der Waals surface area contributed by atoms with Crippen LogP contribution < -0.4 is 16.4 Å². The van der Waals surface area contributed by atoms with Crippen molar-refractivity contribution in [1.29, 1.82) is 0 Å². The van der Waals surface area contributed by atoms with Crippen LogP contribution in [0.4, 0.5) is 4.79 Å². The Morgan fingerprint density at radius 1 is 1.50 bits per heavy atom. The molecule has 1 heterocycles. The highest BCUT2D eigenvalue weighted by Gasteiger charge is 2.07. The second kappa shape index (κ2) is 7.95. The molecule has 0 spiro atoms. The van der Waals surface area contributed by atoms with Crippen LogP contribution in [0.15, 0.2) is 23.5 Å². The highest BCUT2D eigenvalue weighted by molar-refractivity contribution is 5.96. The molecule has 0 radical (unpaired) electrons. The van der Waals surface area contributed by atoms with E-state index in [-0.39, 0.29) is 11.9 Å². The first-order valence-corrected chi connectivity index (χ1v) is 6.14. The average molecular weight is 280 g/mol. The summed E-state index contributed by atoms with van der Waals surface area (Å²) in [6.45, 7) is 1.62. The molecule has 1 rings (SSSR count). The standard InChI is InChI=1S/C12H20N6O2/c1-18(2)12(19)16-7-6-14-8-9-4-3-5-15-10(9)11(13)17-20/h3-5,14,20H,6-8H2,1-2H3,(H2,13,17)(H,16,19). The van der Waals surface area contributed by atoms with Crippen LogP contribution in [-0.2, 0) is 6.54 Å². The molecule has 8 nitrogen and oxygen atoms in total. The third-order valence-corrected chi connectivity index (χ3v) is 2.54. The summed E-state index contributed by atoms with van der Waals surface area (Å²) in [5.41, 5.74) is 6.81. The van der Waals surface area contributed by atoms with E-state index in [1.807, 2.05) is 6.07 Å². The van der Waals surface area contributed by atoms with Gasteiger partial charge in [-0.05, 0) is 11.6 Å². The Labute approximate surface area is 117 Å². The topological polar surface area (TPSA) is 116 Å². The van der Waals surface area contributed by atoms with Crippen LogP contribution in [-0.4, -0.2) is 54.1 Å². The van der Waals surface area contributed by atoms with Crippen molar-refractivity contribution in [2.75, 3.05) is 27.2 Å². The zero-order valence-corrected chi connectivity index (χ0v) is 11.6. The van der Waals surface area contributed by atoms with Gasteiger partial charge in [-0.2, -0.15) is 0 Å². The van der Waals surface area contributed by atoms with Crippen molar-refractivity contribution in [2.24, 2.45) is 10.9 Å². The number of aromatic nitrogens is 1. The first-order valence-electron chi connectivity index (χ1n) is 6.14. The molecule has 8 heteroatoms. The van der Waals surface area contributed by atoms with E-state index in [0.717, 1.165) is 5.56 Å². The number of rotatable bonds is 6. The quantitative estimate of drug-likeness (QED) is 0.185. The third-order valence-electron chi connectivity index (χ3n) is 2.54. The van der Waals surface area contributed by atoms with Crippen molar-refractivity contribution < 1.29 is 10.0 Å². The number of amides is 2. The molecule has 0 unspecified atom stereocenters. The predicted octanol–water partition coefficient (Wildman–Crippen LogP) is -0.463. The lowest BCUT2D eigenvalue weighted by Gasteiger charge is -2.12. The number of nitrogens with one attached hydrogen (secondary N) is 2. The molecule has 2 amide bonds. The number of hydrogen-bond donors (Lipinski definition) is 4. The number of oxime groups is 1. The van der Waals surface area contributed by atoms with Gasteiger partial charge in [0.15, 0.2) is 5.84 Å². The second-order valence-electron chi connectivity index (χ2n) is 4.30. The fourth-order valence-electron chi connectivity index (χ4n) is 1.50. The molecule has 5 N–H and O–H groups in total. The van der Waals surface area contributed by atoms with Gasteiger partial charge in [0.1, 0.15) is 5.69 Å². The number of nitrogens with zero attached hydrogens (tertiary/aromatic N) is 3. The van der Waals surface area contributed by atoms with Gasteiger partial charge in [0.05, 0.1) is 0 Å². The zero-order valence-electron chi connectivity index (χ0n) is 11.6. The zero-order chi connectivity index (χ0) is 15.0. The molecular formula is C12H20N6O2. The average Bonchev–Trinajstić information content (AvgIpc) is 2.46. The van der Waals surface area contributed by atoms with Crippen molar-refractivity contribution in [2.45, 2.75) is 6.54 Å². The summed E-state index contributed by atoms with van der Waals surface area (Å²) in [5.74, 6) is -0.0247. The van der Waals surface area contributed by atoms with E-state index in [1.165, 1.54) is 4.90 Å². The van der Waals surface area contributed by atoms with Gasteiger partial charge in [-0.15, -0.1) is 0 Å². The highest BCUT2D eigenvalue weighted by Crippen LogP contribution is 2.04. The Balaban J connectivity index is 2.41. The summed E-state index contributed by atoms with van der Waals surface area (Å²) in [6, 6.07) is 3.48. The van der Waals surface area contributed by atoms with E-state index < -0.39 is 0 Å². The first-order chi connectivity index (χ1) is 9.56. The molecule has 110 valence electrons. The van der Waals surface area contributed by atoms with E-state index >= 15 is 0 Å². The Kier molecular flexibility index (Phi) is 6.24. The fraction of sp³-hybridized carbons (Fsp3) is 0.417. The molecule has 0 fully saturated rings. The van der Waals surface area contributed by atoms with Gasteiger partial charge in [0, 0.05) is 39.9 Å². The van der Waals surface area contributed by atoms with E-state index in [1.54, 1.807) is 26.4 Å². The minimum atomic E-state index is -0.134. The van der Waals surface area contributed by atoms with Crippen molar-refractivity contribution in [3.05, 3.63) is 29.6 Å². The maximum atomic E-state index is 11.3. The largest absolute Gasteiger partial charge is 0.409 e. The van der Waals surface area contributed by atoms with Crippen molar-refractivity contribution >= 4 is 11.9 Å². The molecule has 0 atom stereocenters. The number of carbonyl (C=O) groups is 1. The molecule has 0 saturated carbocycles. The first kappa shape index (κ1) is 15.7. The predicted molar refractivity (Wildman–Crippen MR) is 75.5 cm³/mol. The van der Waals surface area contributed by atoms with Gasteiger partial charge in [-0.1, -0.05) is 11.2 Å². The number of hydrogen-bond acceptors (Lipinski definition) is 5. The lowest BCUT2D eigenvalue weighted by Crippen LogP contribution is -2.38. The molecule has 1 aromatic rings. The van der Waals surface area contributed by atoms with Crippen molar-refractivity contribution in [1.82, 2.24) is 20.5 Å². The SMILES string of the molecule is CN(C)C(=O)NCCNCc1cccnc1/C(N)=N/O. The number of urea groups is 1. The second-order valence-corrected chi connectivity index (χ2v) is 4.30. The minimum absolute atomic E-state index is 0.0247. The van der Waals surface area contributed by atoms with E-state index in [9.17, 15) is 4.79 Å². The van der Waals surface area contributed by atoms with Crippen LogP contribution in [0, 0.1) is 0 Å². The van der Waals surface area contributed by atoms with Crippen LogP contribution in [0.25, 0.3) is 0 Å². The number of nitrogens with two attached hydrogens (primary N) is 1. The van der Waals surface area contributed by atoms with Gasteiger partial charge in [0.2, 0.25) is 0 Å². The van der Waals surface area contributed by atoms with E-state index in [0.29, 0.717) is 25.3 Å². The summed E-state index contributed by atoms with van der Waals surface area (Å²) >= 11 is 0. The Morgan fingerprint density at radius 2 is 2.25 bits per heavy atom.